The van der Waals surface area contributed by atoms with Crippen molar-refractivity contribution in [3.05, 3.63) is 23.7 Å². The number of nitrogens with zero attached hydrogens (tertiary/aromatic N) is 1. The van der Waals surface area contributed by atoms with Gasteiger partial charge in [-0.3, -0.25) is 4.79 Å². The molecule has 2 rings (SSSR count). The molecule has 5 nitrogen and oxygen atoms in total. The van der Waals surface area contributed by atoms with E-state index in [-0.39, 0.29) is 24.1 Å². The summed E-state index contributed by atoms with van der Waals surface area (Å²) in [7, 11) is 1.69. The van der Waals surface area contributed by atoms with Crippen molar-refractivity contribution in [3.63, 3.8) is 0 Å². The van der Waals surface area contributed by atoms with Crippen LogP contribution in [0.4, 0.5) is 0 Å². The molecule has 0 aromatic carbocycles. The highest BCUT2D eigenvalue weighted by molar-refractivity contribution is 5.82. The summed E-state index contributed by atoms with van der Waals surface area (Å²) in [5.41, 5.74) is 0. The Hall–Kier alpha value is -1.33. The molecule has 5 heteroatoms. The van der Waals surface area contributed by atoms with Crippen molar-refractivity contribution in [1.29, 1.82) is 0 Å². The second-order valence-corrected chi connectivity index (χ2v) is 5.63. The first-order valence-electron chi connectivity index (χ1n) is 7.13. The van der Waals surface area contributed by atoms with Gasteiger partial charge in [0.05, 0.1) is 18.7 Å². The van der Waals surface area contributed by atoms with Gasteiger partial charge in [0.15, 0.2) is 0 Å². The van der Waals surface area contributed by atoms with Crippen LogP contribution in [0.3, 0.4) is 0 Å². The molecule has 2 atom stereocenters. The SMILES string of the molecule is COC1CNC(C(=O)N(Cc2ccc(C)o2)C(C)C)C1. The zero-order valence-electron chi connectivity index (χ0n) is 12.7. The van der Waals surface area contributed by atoms with E-state index >= 15 is 0 Å². The number of hydrogen-bond donors (Lipinski definition) is 1. The Balaban J connectivity index is 2.03. The molecule has 2 unspecified atom stereocenters. The summed E-state index contributed by atoms with van der Waals surface area (Å²) in [6.45, 7) is 7.21. The second-order valence-electron chi connectivity index (χ2n) is 5.63. The largest absolute Gasteiger partial charge is 0.464 e. The van der Waals surface area contributed by atoms with Crippen molar-refractivity contribution in [2.45, 2.75) is 51.9 Å². The Morgan fingerprint density at radius 3 is 2.80 bits per heavy atom. The van der Waals surface area contributed by atoms with Crippen LogP contribution >= 0.6 is 0 Å². The van der Waals surface area contributed by atoms with E-state index in [4.69, 9.17) is 9.15 Å². The Morgan fingerprint density at radius 1 is 1.55 bits per heavy atom. The average molecular weight is 280 g/mol. The van der Waals surface area contributed by atoms with E-state index in [1.165, 1.54) is 0 Å². The lowest BCUT2D eigenvalue weighted by Gasteiger charge is -2.28. The van der Waals surface area contributed by atoms with E-state index in [9.17, 15) is 4.79 Å². The van der Waals surface area contributed by atoms with Crippen molar-refractivity contribution < 1.29 is 13.9 Å². The van der Waals surface area contributed by atoms with Gasteiger partial charge in [0.2, 0.25) is 5.91 Å². The topological polar surface area (TPSA) is 54.7 Å². The summed E-state index contributed by atoms with van der Waals surface area (Å²) < 4.78 is 10.9. The molecule has 0 saturated carbocycles. The lowest BCUT2D eigenvalue weighted by atomic mass is 10.1. The lowest BCUT2D eigenvalue weighted by Crippen LogP contribution is -2.46. The highest BCUT2D eigenvalue weighted by Crippen LogP contribution is 2.17. The standard InChI is InChI=1S/C15H24N2O3/c1-10(2)17(9-12-6-5-11(3)20-12)15(18)14-7-13(19-4)8-16-14/h5-6,10,13-14,16H,7-9H2,1-4H3. The summed E-state index contributed by atoms with van der Waals surface area (Å²) in [5, 5.41) is 3.24. The number of nitrogens with one attached hydrogen (secondary N) is 1. The molecule has 1 aromatic heterocycles. The molecule has 20 heavy (non-hydrogen) atoms. The fourth-order valence-electron chi connectivity index (χ4n) is 2.52. The molecule has 1 aromatic rings. The zero-order valence-corrected chi connectivity index (χ0v) is 12.7. The quantitative estimate of drug-likeness (QED) is 0.892. The Bertz CT molecular complexity index is 456. The van der Waals surface area contributed by atoms with Crippen LogP contribution in [0, 0.1) is 6.92 Å². The Labute approximate surface area is 120 Å². The molecular weight excluding hydrogens is 256 g/mol. The van der Waals surface area contributed by atoms with Crippen molar-refractivity contribution in [2.75, 3.05) is 13.7 Å². The van der Waals surface area contributed by atoms with Crippen LogP contribution in [0.1, 0.15) is 31.8 Å². The summed E-state index contributed by atoms with van der Waals surface area (Å²) in [6.07, 6.45) is 0.860. The van der Waals surface area contributed by atoms with E-state index < -0.39 is 0 Å². The molecule has 112 valence electrons. The van der Waals surface area contributed by atoms with Crippen LogP contribution in [-0.4, -0.2) is 42.6 Å². The van der Waals surface area contributed by atoms with Gasteiger partial charge in [0, 0.05) is 19.7 Å². The minimum atomic E-state index is -0.154. The number of hydrogen-bond acceptors (Lipinski definition) is 4. The van der Waals surface area contributed by atoms with Crippen LogP contribution in [0.25, 0.3) is 0 Å². The molecule has 0 radical (unpaired) electrons. The highest BCUT2D eigenvalue weighted by atomic mass is 16.5. The van der Waals surface area contributed by atoms with Gasteiger partial charge in [-0.05, 0) is 39.3 Å². The lowest BCUT2D eigenvalue weighted by molar-refractivity contribution is -0.136. The van der Waals surface area contributed by atoms with Gasteiger partial charge in [-0.15, -0.1) is 0 Å². The fraction of sp³-hybridized carbons (Fsp3) is 0.667. The van der Waals surface area contributed by atoms with E-state index in [1.54, 1.807) is 7.11 Å². The summed E-state index contributed by atoms with van der Waals surface area (Å²) >= 11 is 0. The maximum Gasteiger partial charge on any atom is 0.240 e. The van der Waals surface area contributed by atoms with E-state index in [1.807, 2.05) is 37.8 Å². The number of aryl methyl sites for hydroxylation is 1. The molecule has 1 N–H and O–H groups in total. The molecule has 1 amide bonds. The number of carbonyl (C=O) groups is 1. The van der Waals surface area contributed by atoms with Crippen molar-refractivity contribution in [3.8, 4) is 0 Å². The number of amides is 1. The van der Waals surface area contributed by atoms with E-state index in [0.29, 0.717) is 6.54 Å². The zero-order chi connectivity index (χ0) is 14.7. The number of carbonyl (C=O) groups excluding carboxylic acids is 1. The summed E-state index contributed by atoms with van der Waals surface area (Å²) in [4.78, 5) is 14.5. The maximum atomic E-state index is 12.6. The smallest absolute Gasteiger partial charge is 0.240 e. The first-order chi connectivity index (χ1) is 9.51. The molecule has 0 spiro atoms. The van der Waals surface area contributed by atoms with Crippen LogP contribution in [0.15, 0.2) is 16.5 Å². The van der Waals surface area contributed by atoms with Gasteiger partial charge in [-0.2, -0.15) is 0 Å². The van der Waals surface area contributed by atoms with Crippen molar-refractivity contribution >= 4 is 5.91 Å². The number of rotatable bonds is 5. The van der Waals surface area contributed by atoms with Crippen LogP contribution in [0.5, 0.6) is 0 Å². The fourth-order valence-corrected chi connectivity index (χ4v) is 2.52. The maximum absolute atomic E-state index is 12.6. The summed E-state index contributed by atoms with van der Waals surface area (Å²) in [6, 6.07) is 3.83. The molecule has 2 heterocycles. The minimum Gasteiger partial charge on any atom is -0.464 e. The third-order valence-corrected chi connectivity index (χ3v) is 3.75. The van der Waals surface area contributed by atoms with Gasteiger partial charge >= 0.3 is 0 Å². The number of furan rings is 1. The average Bonchev–Trinajstić information content (AvgIpc) is 3.03. The van der Waals surface area contributed by atoms with Gasteiger partial charge in [0.1, 0.15) is 11.5 Å². The molecule has 1 saturated heterocycles. The van der Waals surface area contributed by atoms with E-state index in [2.05, 4.69) is 5.32 Å². The van der Waals surface area contributed by atoms with Crippen LogP contribution in [-0.2, 0) is 16.1 Å². The molecule has 1 aliphatic rings. The van der Waals surface area contributed by atoms with Crippen LogP contribution < -0.4 is 5.32 Å². The molecule has 0 aliphatic carbocycles. The predicted molar refractivity (Wildman–Crippen MR) is 76.3 cm³/mol. The second kappa shape index (κ2) is 6.41. The predicted octanol–water partition coefficient (Wildman–Crippen LogP) is 1.70. The van der Waals surface area contributed by atoms with Gasteiger partial charge < -0.3 is 19.4 Å². The minimum absolute atomic E-state index is 0.119. The van der Waals surface area contributed by atoms with Crippen molar-refractivity contribution in [1.82, 2.24) is 10.2 Å². The highest BCUT2D eigenvalue weighted by Gasteiger charge is 2.33. The monoisotopic (exact) mass is 280 g/mol. The molecule has 0 bridgehead atoms. The summed E-state index contributed by atoms with van der Waals surface area (Å²) in [5.74, 6) is 1.81. The van der Waals surface area contributed by atoms with E-state index in [0.717, 1.165) is 24.5 Å². The third-order valence-electron chi connectivity index (χ3n) is 3.75. The molecular formula is C15H24N2O3. The first-order valence-corrected chi connectivity index (χ1v) is 7.13. The number of ether oxygens (including phenoxy) is 1. The van der Waals surface area contributed by atoms with Gasteiger partial charge in [-0.1, -0.05) is 0 Å². The Morgan fingerprint density at radius 2 is 2.30 bits per heavy atom. The normalized spacial score (nSPS) is 22.4. The number of methoxy groups -OCH3 is 1. The molecule has 1 aliphatic heterocycles. The molecule has 1 fully saturated rings. The van der Waals surface area contributed by atoms with Gasteiger partial charge in [-0.25, -0.2) is 0 Å². The Kier molecular flexibility index (Phi) is 4.83. The van der Waals surface area contributed by atoms with Gasteiger partial charge in [0.25, 0.3) is 0 Å². The first kappa shape index (κ1) is 15.1. The van der Waals surface area contributed by atoms with Crippen molar-refractivity contribution in [2.24, 2.45) is 0 Å². The van der Waals surface area contributed by atoms with Crippen LogP contribution in [0.2, 0.25) is 0 Å². The third kappa shape index (κ3) is 3.41.